The number of aliphatic imine (C=N–C) groups is 1. The summed E-state index contributed by atoms with van der Waals surface area (Å²) in [5.41, 5.74) is 4.08. The molecule has 0 spiro atoms. The molecular weight excluding hydrogens is 523 g/mol. The Bertz CT molecular complexity index is 842. The van der Waals surface area contributed by atoms with Gasteiger partial charge >= 0.3 is 0 Å². The largest absolute Gasteiger partial charge is 0.393 e. The zero-order chi connectivity index (χ0) is 22.2. The van der Waals surface area contributed by atoms with Crippen LogP contribution in [-0.4, -0.2) is 60.2 Å². The third-order valence-electron chi connectivity index (χ3n) is 6.93. The number of aliphatic hydroxyl groups is 1. The lowest BCUT2D eigenvalue weighted by atomic mass is 9.90. The first-order chi connectivity index (χ1) is 15.7. The van der Waals surface area contributed by atoms with Crippen molar-refractivity contribution in [3.8, 4) is 0 Å². The van der Waals surface area contributed by atoms with E-state index in [0.29, 0.717) is 0 Å². The smallest absolute Gasteiger partial charge is 0.193 e. The van der Waals surface area contributed by atoms with Gasteiger partial charge in [0, 0.05) is 46.3 Å². The number of nitrogens with one attached hydrogen (secondary N) is 1. The van der Waals surface area contributed by atoms with Crippen molar-refractivity contribution in [2.75, 3.05) is 33.2 Å². The number of halogens is 1. The van der Waals surface area contributed by atoms with Gasteiger partial charge < -0.3 is 15.3 Å². The van der Waals surface area contributed by atoms with Crippen LogP contribution in [0.5, 0.6) is 0 Å². The van der Waals surface area contributed by atoms with Gasteiger partial charge in [-0.05, 0) is 54.7 Å². The molecule has 5 nitrogen and oxygen atoms in total. The molecule has 6 heteroatoms. The van der Waals surface area contributed by atoms with Gasteiger partial charge in [0.1, 0.15) is 0 Å². The van der Waals surface area contributed by atoms with Crippen molar-refractivity contribution in [2.45, 2.75) is 51.3 Å². The van der Waals surface area contributed by atoms with Crippen molar-refractivity contribution in [1.82, 2.24) is 15.1 Å². The highest BCUT2D eigenvalue weighted by molar-refractivity contribution is 14.0. The zero-order valence-electron chi connectivity index (χ0n) is 19.8. The summed E-state index contributed by atoms with van der Waals surface area (Å²) >= 11 is 0. The van der Waals surface area contributed by atoms with Gasteiger partial charge in [-0.2, -0.15) is 0 Å². The molecule has 2 N–H and O–H groups in total. The van der Waals surface area contributed by atoms with Crippen LogP contribution in [0.2, 0.25) is 0 Å². The summed E-state index contributed by atoms with van der Waals surface area (Å²) in [6, 6.07) is 19.8. The normalized spacial score (nSPS) is 18.7. The highest BCUT2D eigenvalue weighted by atomic mass is 127. The van der Waals surface area contributed by atoms with E-state index in [-0.39, 0.29) is 30.1 Å². The molecule has 0 aliphatic carbocycles. The van der Waals surface area contributed by atoms with Crippen LogP contribution in [0, 0.1) is 5.92 Å². The number of aliphatic hydroxyl groups excluding tert-OH is 1. The number of hydrogen-bond donors (Lipinski definition) is 2. The van der Waals surface area contributed by atoms with Gasteiger partial charge in [0.05, 0.1) is 6.10 Å². The molecule has 2 fully saturated rings. The van der Waals surface area contributed by atoms with Crippen molar-refractivity contribution in [1.29, 1.82) is 0 Å². The third-order valence-corrected chi connectivity index (χ3v) is 6.93. The molecule has 2 saturated heterocycles. The molecule has 2 aromatic rings. The maximum absolute atomic E-state index is 9.67. The Morgan fingerprint density at radius 1 is 0.879 bits per heavy atom. The first-order valence-electron chi connectivity index (χ1n) is 12.2. The minimum Gasteiger partial charge on any atom is -0.393 e. The first-order valence-corrected chi connectivity index (χ1v) is 12.2. The molecule has 0 unspecified atom stereocenters. The SMILES string of the molecule is CN=C(NCc1ccc(CN2CCC(O)CC2)cc1)N1CCC(Cc2ccccc2)CC1.I. The summed E-state index contributed by atoms with van der Waals surface area (Å²) in [5.74, 6) is 1.78. The number of rotatable bonds is 6. The van der Waals surface area contributed by atoms with Crippen LogP contribution in [-0.2, 0) is 19.5 Å². The summed E-state index contributed by atoms with van der Waals surface area (Å²) in [6.07, 6.45) is 5.31. The van der Waals surface area contributed by atoms with Gasteiger partial charge in [-0.1, -0.05) is 54.6 Å². The molecule has 0 atom stereocenters. The molecule has 2 heterocycles. The quantitative estimate of drug-likeness (QED) is 0.314. The maximum atomic E-state index is 9.67. The lowest BCUT2D eigenvalue weighted by Gasteiger charge is -2.34. The average Bonchev–Trinajstić information content (AvgIpc) is 2.84. The number of hydrogen-bond acceptors (Lipinski definition) is 3. The van der Waals surface area contributed by atoms with E-state index in [9.17, 15) is 5.11 Å². The first kappa shape index (κ1) is 26.0. The van der Waals surface area contributed by atoms with Crippen LogP contribution in [0.15, 0.2) is 59.6 Å². The van der Waals surface area contributed by atoms with Crippen molar-refractivity contribution < 1.29 is 5.11 Å². The van der Waals surface area contributed by atoms with Crippen LogP contribution < -0.4 is 5.32 Å². The van der Waals surface area contributed by atoms with Gasteiger partial charge in [-0.15, -0.1) is 24.0 Å². The lowest BCUT2D eigenvalue weighted by molar-refractivity contribution is 0.0792. The van der Waals surface area contributed by atoms with Crippen LogP contribution in [0.3, 0.4) is 0 Å². The zero-order valence-corrected chi connectivity index (χ0v) is 22.2. The number of likely N-dealkylation sites (tertiary alicyclic amines) is 2. The Morgan fingerprint density at radius 3 is 2.15 bits per heavy atom. The molecule has 2 aromatic carbocycles. The summed E-state index contributed by atoms with van der Waals surface area (Å²) in [6.45, 7) is 5.89. The van der Waals surface area contributed by atoms with E-state index in [4.69, 9.17) is 0 Å². The fraction of sp³-hybridized carbons (Fsp3) is 0.519. The van der Waals surface area contributed by atoms with Gasteiger partial charge in [0.15, 0.2) is 5.96 Å². The van der Waals surface area contributed by atoms with Crippen LogP contribution in [0.25, 0.3) is 0 Å². The Balaban J connectivity index is 0.00000306. The molecule has 0 aromatic heterocycles. The summed E-state index contributed by atoms with van der Waals surface area (Å²) in [4.78, 5) is 9.38. The van der Waals surface area contributed by atoms with E-state index >= 15 is 0 Å². The van der Waals surface area contributed by atoms with Crippen molar-refractivity contribution >= 4 is 29.9 Å². The fourth-order valence-corrected chi connectivity index (χ4v) is 4.91. The Morgan fingerprint density at radius 2 is 1.52 bits per heavy atom. The molecule has 33 heavy (non-hydrogen) atoms. The van der Waals surface area contributed by atoms with Crippen molar-refractivity contribution in [3.05, 3.63) is 71.3 Å². The second-order valence-corrected chi connectivity index (χ2v) is 9.34. The second kappa shape index (κ2) is 13.3. The predicted octanol–water partition coefficient (Wildman–Crippen LogP) is 4.29. The maximum Gasteiger partial charge on any atom is 0.193 e. The molecule has 180 valence electrons. The standard InChI is InChI=1S/C27H38N4O.HI/c1-28-27(31-17-11-23(12-18-31)19-22-5-3-2-4-6-22)29-20-24-7-9-25(10-8-24)21-30-15-13-26(32)14-16-30;/h2-10,23,26,32H,11-21H2,1H3,(H,28,29);1H. The fourth-order valence-electron chi connectivity index (χ4n) is 4.91. The van der Waals surface area contributed by atoms with E-state index in [0.717, 1.165) is 64.0 Å². The molecule has 0 saturated carbocycles. The highest BCUT2D eigenvalue weighted by Crippen LogP contribution is 2.22. The lowest BCUT2D eigenvalue weighted by Crippen LogP contribution is -2.45. The predicted molar refractivity (Wildman–Crippen MR) is 147 cm³/mol. The van der Waals surface area contributed by atoms with E-state index in [2.05, 4.69) is 74.7 Å². The van der Waals surface area contributed by atoms with Crippen molar-refractivity contribution in [2.24, 2.45) is 10.9 Å². The molecule has 4 rings (SSSR count). The minimum absolute atomic E-state index is 0. The average molecular weight is 563 g/mol. The molecule has 2 aliphatic rings. The number of piperidine rings is 2. The van der Waals surface area contributed by atoms with E-state index in [1.807, 2.05) is 7.05 Å². The molecule has 0 amide bonds. The molecule has 0 radical (unpaired) electrons. The van der Waals surface area contributed by atoms with E-state index in [1.165, 1.54) is 36.0 Å². The molecule has 2 aliphatic heterocycles. The third kappa shape index (κ3) is 7.97. The number of guanidine groups is 1. The molecule has 0 bridgehead atoms. The number of benzene rings is 2. The Hall–Kier alpha value is -1.64. The topological polar surface area (TPSA) is 51.1 Å². The minimum atomic E-state index is -0.108. The summed E-state index contributed by atoms with van der Waals surface area (Å²) in [5, 5.41) is 13.2. The van der Waals surface area contributed by atoms with Gasteiger partial charge in [-0.25, -0.2) is 0 Å². The second-order valence-electron chi connectivity index (χ2n) is 9.34. The van der Waals surface area contributed by atoms with E-state index < -0.39 is 0 Å². The van der Waals surface area contributed by atoms with Crippen molar-refractivity contribution in [3.63, 3.8) is 0 Å². The van der Waals surface area contributed by atoms with Gasteiger partial charge in [-0.3, -0.25) is 9.89 Å². The van der Waals surface area contributed by atoms with Gasteiger partial charge in [0.25, 0.3) is 0 Å². The van der Waals surface area contributed by atoms with Crippen LogP contribution in [0.4, 0.5) is 0 Å². The van der Waals surface area contributed by atoms with Gasteiger partial charge in [0.2, 0.25) is 0 Å². The highest BCUT2D eigenvalue weighted by Gasteiger charge is 2.21. The Kier molecular flexibility index (Phi) is 10.5. The molecular formula is C27H39IN4O. The Labute approximate surface area is 216 Å². The van der Waals surface area contributed by atoms with E-state index in [1.54, 1.807) is 0 Å². The van der Waals surface area contributed by atoms with Crippen LogP contribution >= 0.6 is 24.0 Å². The monoisotopic (exact) mass is 562 g/mol. The summed E-state index contributed by atoms with van der Waals surface area (Å²) in [7, 11) is 1.89. The van der Waals surface area contributed by atoms with Crippen LogP contribution in [0.1, 0.15) is 42.4 Å². The number of nitrogens with zero attached hydrogens (tertiary/aromatic N) is 3. The summed E-state index contributed by atoms with van der Waals surface area (Å²) < 4.78 is 0.